The summed E-state index contributed by atoms with van der Waals surface area (Å²) in [4.78, 5) is 26.4. The van der Waals surface area contributed by atoms with Gasteiger partial charge in [-0.15, -0.1) is 0 Å². The number of carbonyl (C=O) groups is 2. The third-order valence-corrected chi connectivity index (χ3v) is 6.86. The highest BCUT2D eigenvalue weighted by molar-refractivity contribution is 7.89. The van der Waals surface area contributed by atoms with Gasteiger partial charge in [-0.3, -0.25) is 9.59 Å². The summed E-state index contributed by atoms with van der Waals surface area (Å²) in [6.07, 6.45) is 1.79. The van der Waals surface area contributed by atoms with Crippen LogP contribution in [0.25, 0.3) is 0 Å². The Morgan fingerprint density at radius 3 is 2.63 bits per heavy atom. The minimum atomic E-state index is -3.65. The number of nitrogens with two attached hydrogens (primary N) is 1. The van der Waals surface area contributed by atoms with Gasteiger partial charge in [0.05, 0.1) is 11.4 Å². The van der Waals surface area contributed by atoms with E-state index in [9.17, 15) is 18.0 Å². The number of likely N-dealkylation sites (tertiary alicyclic amines) is 1. The number of nitrogens with one attached hydrogen (secondary N) is 1. The molecular formula is C18H28N4O4S. The highest BCUT2D eigenvalue weighted by atomic mass is 32.2. The van der Waals surface area contributed by atoms with Crippen molar-refractivity contribution >= 4 is 21.8 Å². The van der Waals surface area contributed by atoms with E-state index in [1.54, 1.807) is 18.7 Å². The summed E-state index contributed by atoms with van der Waals surface area (Å²) >= 11 is 0. The number of nitrogens with zero attached hydrogens (tertiary/aromatic N) is 2. The van der Waals surface area contributed by atoms with Crippen LogP contribution in [0, 0.1) is 0 Å². The molecule has 27 heavy (non-hydrogen) atoms. The van der Waals surface area contributed by atoms with Crippen LogP contribution >= 0.6 is 0 Å². The summed E-state index contributed by atoms with van der Waals surface area (Å²) in [5, 5.41) is 2.58. The molecule has 1 heterocycles. The predicted molar refractivity (Wildman–Crippen MR) is 103 cm³/mol. The van der Waals surface area contributed by atoms with Crippen LogP contribution in [0.15, 0.2) is 29.2 Å². The second kappa shape index (κ2) is 9.29. The lowest BCUT2D eigenvalue weighted by Crippen LogP contribution is -2.45. The van der Waals surface area contributed by atoms with Gasteiger partial charge in [-0.2, -0.15) is 4.31 Å². The molecule has 1 unspecified atom stereocenters. The average molecular weight is 397 g/mol. The molecule has 9 heteroatoms. The van der Waals surface area contributed by atoms with Gasteiger partial charge in [0.2, 0.25) is 15.9 Å². The minimum Gasteiger partial charge on any atom is -0.343 e. The van der Waals surface area contributed by atoms with Crippen molar-refractivity contribution in [3.8, 4) is 0 Å². The minimum absolute atomic E-state index is 0.0249. The van der Waals surface area contributed by atoms with E-state index in [-0.39, 0.29) is 29.0 Å². The molecule has 0 aliphatic carbocycles. The lowest BCUT2D eigenvalue weighted by molar-refractivity contribution is -0.130. The SMILES string of the molecule is CCN(CC)S(=O)(=O)c1cccc(C(=O)NCC(=O)N2CCCC2CN)c1. The van der Waals surface area contributed by atoms with E-state index in [4.69, 9.17) is 5.73 Å². The van der Waals surface area contributed by atoms with Crippen molar-refractivity contribution < 1.29 is 18.0 Å². The van der Waals surface area contributed by atoms with E-state index >= 15 is 0 Å². The van der Waals surface area contributed by atoms with Gasteiger partial charge in [-0.05, 0) is 31.0 Å². The predicted octanol–water partition coefficient (Wildman–Crippen LogP) is 0.397. The van der Waals surface area contributed by atoms with E-state index in [2.05, 4.69) is 5.32 Å². The lowest BCUT2D eigenvalue weighted by Gasteiger charge is -2.23. The van der Waals surface area contributed by atoms with E-state index in [0.29, 0.717) is 26.2 Å². The Hall–Kier alpha value is -1.97. The molecule has 0 radical (unpaired) electrons. The third-order valence-electron chi connectivity index (χ3n) is 4.81. The van der Waals surface area contributed by atoms with E-state index < -0.39 is 15.9 Å². The fourth-order valence-corrected chi connectivity index (χ4v) is 4.78. The Morgan fingerprint density at radius 2 is 2.00 bits per heavy atom. The second-order valence-electron chi connectivity index (χ2n) is 6.42. The van der Waals surface area contributed by atoms with Crippen molar-refractivity contribution in [1.82, 2.24) is 14.5 Å². The normalized spacial score (nSPS) is 17.3. The Bertz CT molecular complexity index is 777. The van der Waals surface area contributed by atoms with Gasteiger partial charge in [0.25, 0.3) is 5.91 Å². The van der Waals surface area contributed by atoms with Crippen molar-refractivity contribution in [3.05, 3.63) is 29.8 Å². The number of hydrogen-bond donors (Lipinski definition) is 2. The van der Waals surface area contributed by atoms with Crippen LogP contribution in [0.5, 0.6) is 0 Å². The van der Waals surface area contributed by atoms with Crippen molar-refractivity contribution in [2.24, 2.45) is 5.73 Å². The quantitative estimate of drug-likeness (QED) is 0.660. The van der Waals surface area contributed by atoms with Crippen molar-refractivity contribution in [2.75, 3.05) is 32.7 Å². The summed E-state index contributed by atoms with van der Waals surface area (Å²) in [6.45, 7) is 5.14. The molecule has 1 aliphatic heterocycles. The molecule has 3 N–H and O–H groups in total. The molecule has 0 saturated carbocycles. The zero-order valence-electron chi connectivity index (χ0n) is 15.8. The lowest BCUT2D eigenvalue weighted by atomic mass is 10.2. The van der Waals surface area contributed by atoms with Crippen molar-refractivity contribution in [1.29, 1.82) is 0 Å². The Labute approximate surface area is 160 Å². The highest BCUT2D eigenvalue weighted by Gasteiger charge is 2.27. The van der Waals surface area contributed by atoms with Crippen LogP contribution in [0.1, 0.15) is 37.0 Å². The largest absolute Gasteiger partial charge is 0.343 e. The van der Waals surface area contributed by atoms with Gasteiger partial charge in [-0.25, -0.2) is 8.42 Å². The average Bonchev–Trinajstić information content (AvgIpc) is 3.15. The summed E-state index contributed by atoms with van der Waals surface area (Å²) in [7, 11) is -3.65. The number of hydrogen-bond acceptors (Lipinski definition) is 5. The zero-order valence-corrected chi connectivity index (χ0v) is 16.7. The molecule has 0 bridgehead atoms. The van der Waals surface area contributed by atoms with Gasteiger partial charge in [0.15, 0.2) is 0 Å². The summed E-state index contributed by atoms with van der Waals surface area (Å²) in [6, 6.07) is 5.88. The summed E-state index contributed by atoms with van der Waals surface area (Å²) in [5.41, 5.74) is 5.87. The molecule has 0 spiro atoms. The van der Waals surface area contributed by atoms with E-state index in [1.165, 1.54) is 28.6 Å². The number of amides is 2. The Balaban J connectivity index is 2.06. The second-order valence-corrected chi connectivity index (χ2v) is 8.36. The molecule has 1 aliphatic rings. The first-order valence-electron chi connectivity index (χ1n) is 9.23. The molecule has 1 aromatic rings. The maximum absolute atomic E-state index is 12.6. The molecule has 8 nitrogen and oxygen atoms in total. The van der Waals surface area contributed by atoms with Crippen LogP contribution < -0.4 is 11.1 Å². The molecule has 1 aromatic carbocycles. The van der Waals surface area contributed by atoms with Crippen LogP contribution in [0.2, 0.25) is 0 Å². The first-order valence-corrected chi connectivity index (χ1v) is 10.7. The summed E-state index contributed by atoms with van der Waals surface area (Å²) in [5.74, 6) is -0.661. The number of benzene rings is 1. The molecule has 1 atom stereocenters. The van der Waals surface area contributed by atoms with Crippen LogP contribution in [-0.4, -0.2) is 68.2 Å². The first kappa shape index (κ1) is 21.3. The van der Waals surface area contributed by atoms with E-state index in [1.807, 2.05) is 0 Å². The molecule has 150 valence electrons. The van der Waals surface area contributed by atoms with Crippen LogP contribution in [-0.2, 0) is 14.8 Å². The first-order chi connectivity index (χ1) is 12.8. The maximum atomic E-state index is 12.6. The van der Waals surface area contributed by atoms with Gasteiger partial charge in [0.1, 0.15) is 0 Å². The number of carbonyl (C=O) groups excluding carboxylic acids is 2. The Morgan fingerprint density at radius 1 is 1.30 bits per heavy atom. The number of sulfonamides is 1. The molecule has 0 aromatic heterocycles. The number of rotatable bonds is 8. The molecular weight excluding hydrogens is 368 g/mol. The van der Waals surface area contributed by atoms with E-state index in [0.717, 1.165) is 12.8 Å². The molecule has 1 fully saturated rings. The van der Waals surface area contributed by atoms with Gasteiger partial charge >= 0.3 is 0 Å². The smallest absolute Gasteiger partial charge is 0.251 e. The monoisotopic (exact) mass is 396 g/mol. The van der Waals surface area contributed by atoms with Crippen LogP contribution in [0.3, 0.4) is 0 Å². The maximum Gasteiger partial charge on any atom is 0.251 e. The molecule has 2 rings (SSSR count). The third kappa shape index (κ3) is 4.85. The van der Waals surface area contributed by atoms with Gasteiger partial charge in [-0.1, -0.05) is 19.9 Å². The van der Waals surface area contributed by atoms with Gasteiger partial charge < -0.3 is 16.0 Å². The van der Waals surface area contributed by atoms with Crippen molar-refractivity contribution in [2.45, 2.75) is 37.6 Å². The molecule has 2 amide bonds. The Kier molecular flexibility index (Phi) is 7.34. The van der Waals surface area contributed by atoms with Gasteiger partial charge in [0, 0.05) is 37.8 Å². The standard InChI is InChI=1S/C18H28N4O4S/c1-3-21(4-2)27(25,26)16-9-5-7-14(11-16)18(24)20-13-17(23)22-10-6-8-15(22)12-19/h5,7,9,11,15H,3-4,6,8,10,12-13,19H2,1-2H3,(H,20,24). The topological polar surface area (TPSA) is 113 Å². The molecule has 1 saturated heterocycles. The fraction of sp³-hybridized carbons (Fsp3) is 0.556. The van der Waals surface area contributed by atoms with Crippen molar-refractivity contribution in [3.63, 3.8) is 0 Å². The van der Waals surface area contributed by atoms with Crippen LogP contribution in [0.4, 0.5) is 0 Å². The zero-order chi connectivity index (χ0) is 20.0. The highest BCUT2D eigenvalue weighted by Crippen LogP contribution is 2.18. The fourth-order valence-electron chi connectivity index (χ4n) is 3.28. The summed E-state index contributed by atoms with van der Waals surface area (Å²) < 4.78 is 26.5.